The van der Waals surface area contributed by atoms with Crippen molar-refractivity contribution in [3.63, 3.8) is 0 Å². The van der Waals surface area contributed by atoms with E-state index < -0.39 is 23.5 Å². The molecular weight excluding hydrogens is 244 g/mol. The normalized spacial score (nSPS) is 23.4. The van der Waals surface area contributed by atoms with Crippen LogP contribution in [0, 0.1) is 5.41 Å². The molecule has 17 heavy (non-hydrogen) atoms. The molecule has 0 saturated carbocycles. The standard InChI is InChI=1S/C11H9ClN2O3/c12-7-8(13)10(17-11(7)16)14-9(15)6-4-2-1-3-5-6/h1-5,7,10,13H,(H,14,15)/t7?,10-/m1/s1. The first-order valence-electron chi connectivity index (χ1n) is 4.88. The smallest absolute Gasteiger partial charge is 0.332 e. The van der Waals surface area contributed by atoms with E-state index in [1.807, 2.05) is 0 Å². The highest BCUT2D eigenvalue weighted by Crippen LogP contribution is 2.15. The van der Waals surface area contributed by atoms with Gasteiger partial charge in [-0.1, -0.05) is 18.2 Å². The maximum absolute atomic E-state index is 11.7. The number of halogens is 1. The van der Waals surface area contributed by atoms with Gasteiger partial charge in [-0.25, -0.2) is 4.79 Å². The molecule has 0 spiro atoms. The van der Waals surface area contributed by atoms with Gasteiger partial charge in [-0.15, -0.1) is 11.6 Å². The van der Waals surface area contributed by atoms with Gasteiger partial charge in [0.15, 0.2) is 5.38 Å². The highest BCUT2D eigenvalue weighted by atomic mass is 35.5. The number of alkyl halides is 1. The van der Waals surface area contributed by atoms with E-state index in [1.165, 1.54) is 0 Å². The molecule has 1 aliphatic heterocycles. The maximum Gasteiger partial charge on any atom is 0.332 e. The van der Waals surface area contributed by atoms with Crippen LogP contribution in [0.15, 0.2) is 30.3 Å². The number of amides is 1. The van der Waals surface area contributed by atoms with Crippen LogP contribution in [0.2, 0.25) is 0 Å². The Labute approximate surface area is 102 Å². The number of hydrogen-bond donors (Lipinski definition) is 2. The molecule has 2 atom stereocenters. The quantitative estimate of drug-likeness (QED) is 0.607. The molecule has 0 radical (unpaired) electrons. The Balaban J connectivity index is 2.06. The predicted octanol–water partition coefficient (Wildman–Crippen LogP) is 0.926. The lowest BCUT2D eigenvalue weighted by atomic mass is 10.2. The van der Waals surface area contributed by atoms with E-state index in [0.29, 0.717) is 5.56 Å². The van der Waals surface area contributed by atoms with Crippen LogP contribution < -0.4 is 5.32 Å². The van der Waals surface area contributed by atoms with E-state index in [9.17, 15) is 9.59 Å². The maximum atomic E-state index is 11.7. The largest absolute Gasteiger partial charge is 0.434 e. The third kappa shape index (κ3) is 2.29. The molecular formula is C11H9ClN2O3. The summed E-state index contributed by atoms with van der Waals surface area (Å²) in [5.41, 5.74) is 0.273. The molecule has 1 aromatic carbocycles. The minimum absolute atomic E-state index is 0.152. The highest BCUT2D eigenvalue weighted by Gasteiger charge is 2.39. The Morgan fingerprint density at radius 2 is 2.00 bits per heavy atom. The van der Waals surface area contributed by atoms with Gasteiger partial charge in [0.25, 0.3) is 5.91 Å². The number of nitrogens with one attached hydrogen (secondary N) is 2. The first-order chi connectivity index (χ1) is 8.09. The summed E-state index contributed by atoms with van der Waals surface area (Å²) in [5, 5.41) is 8.81. The molecule has 1 saturated heterocycles. The van der Waals surface area contributed by atoms with Gasteiger partial charge in [-0.3, -0.25) is 4.79 Å². The zero-order valence-corrected chi connectivity index (χ0v) is 9.40. The van der Waals surface area contributed by atoms with Crippen LogP contribution in [0.25, 0.3) is 0 Å². The first-order valence-corrected chi connectivity index (χ1v) is 5.32. The zero-order valence-electron chi connectivity index (χ0n) is 8.64. The molecule has 1 aromatic rings. The van der Waals surface area contributed by atoms with Crippen molar-refractivity contribution in [3.05, 3.63) is 35.9 Å². The Hall–Kier alpha value is -1.88. The Morgan fingerprint density at radius 1 is 1.35 bits per heavy atom. The molecule has 1 fully saturated rings. The summed E-state index contributed by atoms with van der Waals surface area (Å²) >= 11 is 5.59. The first kappa shape index (κ1) is 11.6. The van der Waals surface area contributed by atoms with Crippen molar-refractivity contribution in [2.75, 3.05) is 0 Å². The molecule has 0 aliphatic carbocycles. The fraction of sp³-hybridized carbons (Fsp3) is 0.182. The number of hydrogen-bond acceptors (Lipinski definition) is 4. The van der Waals surface area contributed by atoms with E-state index in [2.05, 4.69) is 5.32 Å². The van der Waals surface area contributed by atoms with E-state index in [0.717, 1.165) is 0 Å². The summed E-state index contributed by atoms with van der Waals surface area (Å²) in [7, 11) is 0. The van der Waals surface area contributed by atoms with E-state index in [1.54, 1.807) is 30.3 Å². The van der Waals surface area contributed by atoms with Gasteiger partial charge in [0.1, 0.15) is 0 Å². The van der Waals surface area contributed by atoms with Gasteiger partial charge < -0.3 is 15.5 Å². The summed E-state index contributed by atoms with van der Waals surface area (Å²) < 4.78 is 4.75. The van der Waals surface area contributed by atoms with E-state index in [-0.39, 0.29) is 5.71 Å². The van der Waals surface area contributed by atoms with Gasteiger partial charge in [0.2, 0.25) is 6.23 Å². The Bertz CT molecular complexity index is 475. The molecule has 2 rings (SSSR count). The van der Waals surface area contributed by atoms with Crippen molar-refractivity contribution in [3.8, 4) is 0 Å². The highest BCUT2D eigenvalue weighted by molar-refractivity contribution is 6.43. The molecule has 0 aromatic heterocycles. The summed E-state index contributed by atoms with van der Waals surface area (Å²) in [5.74, 6) is -1.13. The van der Waals surface area contributed by atoms with Crippen LogP contribution >= 0.6 is 11.6 Å². The Morgan fingerprint density at radius 3 is 2.53 bits per heavy atom. The van der Waals surface area contributed by atoms with Gasteiger partial charge in [0.05, 0.1) is 5.71 Å². The third-order valence-electron chi connectivity index (χ3n) is 2.29. The van der Waals surface area contributed by atoms with Crippen LogP contribution in [-0.2, 0) is 9.53 Å². The second kappa shape index (κ2) is 4.55. The fourth-order valence-corrected chi connectivity index (χ4v) is 1.56. The van der Waals surface area contributed by atoms with E-state index in [4.69, 9.17) is 21.7 Å². The summed E-state index contributed by atoms with van der Waals surface area (Å²) in [6.07, 6.45) is -1.07. The lowest BCUT2D eigenvalue weighted by Gasteiger charge is -2.11. The van der Waals surface area contributed by atoms with Crippen molar-refractivity contribution in [1.29, 1.82) is 5.41 Å². The van der Waals surface area contributed by atoms with Gasteiger partial charge in [0, 0.05) is 5.56 Å². The lowest BCUT2D eigenvalue weighted by molar-refractivity contribution is -0.141. The molecule has 5 nitrogen and oxygen atoms in total. The number of esters is 1. The molecule has 88 valence electrons. The lowest BCUT2D eigenvalue weighted by Crippen LogP contribution is -2.39. The van der Waals surface area contributed by atoms with Crippen LogP contribution in [-0.4, -0.2) is 29.2 Å². The molecule has 0 bridgehead atoms. The number of cyclic esters (lactones) is 1. The minimum Gasteiger partial charge on any atom is -0.434 e. The number of benzene rings is 1. The predicted molar refractivity (Wildman–Crippen MR) is 61.2 cm³/mol. The molecule has 2 N–H and O–H groups in total. The van der Waals surface area contributed by atoms with Gasteiger partial charge >= 0.3 is 5.97 Å². The van der Waals surface area contributed by atoms with Crippen LogP contribution in [0.3, 0.4) is 0 Å². The van der Waals surface area contributed by atoms with Gasteiger partial charge in [-0.05, 0) is 12.1 Å². The van der Waals surface area contributed by atoms with Crippen molar-refractivity contribution in [1.82, 2.24) is 5.32 Å². The monoisotopic (exact) mass is 252 g/mol. The van der Waals surface area contributed by atoms with Crippen molar-refractivity contribution < 1.29 is 14.3 Å². The average Bonchev–Trinajstić information content (AvgIpc) is 2.58. The third-order valence-corrected chi connectivity index (χ3v) is 2.71. The molecule has 6 heteroatoms. The van der Waals surface area contributed by atoms with Crippen molar-refractivity contribution >= 4 is 29.2 Å². The van der Waals surface area contributed by atoms with Crippen molar-refractivity contribution in [2.24, 2.45) is 0 Å². The number of ether oxygens (including phenoxy) is 1. The second-order valence-electron chi connectivity index (χ2n) is 3.47. The van der Waals surface area contributed by atoms with Crippen LogP contribution in [0.5, 0.6) is 0 Å². The summed E-state index contributed by atoms with van der Waals surface area (Å²) in [4.78, 5) is 22.8. The topological polar surface area (TPSA) is 79.2 Å². The average molecular weight is 253 g/mol. The minimum atomic E-state index is -1.11. The molecule has 1 heterocycles. The molecule has 1 amide bonds. The molecule has 1 aliphatic rings. The second-order valence-corrected chi connectivity index (χ2v) is 3.91. The summed E-state index contributed by atoms with van der Waals surface area (Å²) in [6, 6.07) is 8.45. The van der Waals surface area contributed by atoms with Crippen LogP contribution in [0.4, 0.5) is 0 Å². The Kier molecular flexibility index (Phi) is 3.10. The SMILES string of the molecule is N=C1C(Cl)C(=O)O[C@H]1NC(=O)c1ccccc1. The zero-order chi connectivity index (χ0) is 12.4. The number of rotatable bonds is 2. The summed E-state index contributed by atoms with van der Waals surface area (Å²) in [6.45, 7) is 0. The number of carbonyl (C=O) groups excluding carboxylic acids is 2. The van der Waals surface area contributed by atoms with Crippen molar-refractivity contribution in [2.45, 2.75) is 11.6 Å². The fourth-order valence-electron chi connectivity index (χ4n) is 1.40. The molecule has 1 unspecified atom stereocenters. The number of carbonyl (C=O) groups is 2. The van der Waals surface area contributed by atoms with Gasteiger partial charge in [-0.2, -0.15) is 0 Å². The van der Waals surface area contributed by atoms with E-state index >= 15 is 0 Å². The van der Waals surface area contributed by atoms with Crippen LogP contribution in [0.1, 0.15) is 10.4 Å².